The molecule has 0 aliphatic heterocycles. The molecular weight excluding hydrogens is 374 g/mol. The summed E-state index contributed by atoms with van der Waals surface area (Å²) in [6.45, 7) is 3.97. The van der Waals surface area contributed by atoms with E-state index in [0.29, 0.717) is 28.6 Å². The second kappa shape index (κ2) is 8.41. The molecule has 1 N–H and O–H groups in total. The van der Waals surface area contributed by atoms with E-state index in [1.807, 2.05) is 56.3 Å². The van der Waals surface area contributed by atoms with Crippen molar-refractivity contribution < 1.29 is 4.74 Å². The van der Waals surface area contributed by atoms with Gasteiger partial charge in [-0.25, -0.2) is 9.97 Å². The zero-order valence-corrected chi connectivity index (χ0v) is 16.6. The highest BCUT2D eigenvalue weighted by atomic mass is 16.5. The summed E-state index contributed by atoms with van der Waals surface area (Å²) in [6, 6.07) is 20.6. The van der Waals surface area contributed by atoms with Gasteiger partial charge in [-0.3, -0.25) is 4.98 Å². The number of nitriles is 1. The number of anilines is 2. The molecule has 0 radical (unpaired) electrons. The molecule has 0 spiro atoms. The Balaban J connectivity index is 1.62. The van der Waals surface area contributed by atoms with Gasteiger partial charge in [-0.2, -0.15) is 5.26 Å². The molecule has 0 saturated heterocycles. The molecule has 0 atom stereocenters. The lowest BCUT2D eigenvalue weighted by Gasteiger charge is -2.13. The molecule has 4 rings (SSSR count). The van der Waals surface area contributed by atoms with Crippen molar-refractivity contribution in [2.24, 2.45) is 0 Å². The minimum Gasteiger partial charge on any atom is -0.455 e. The Morgan fingerprint density at radius 1 is 0.933 bits per heavy atom. The fourth-order valence-corrected chi connectivity index (χ4v) is 2.89. The fourth-order valence-electron chi connectivity index (χ4n) is 2.89. The van der Waals surface area contributed by atoms with E-state index in [9.17, 15) is 0 Å². The van der Waals surface area contributed by atoms with E-state index < -0.39 is 0 Å². The Kier molecular flexibility index (Phi) is 5.35. The van der Waals surface area contributed by atoms with Crippen LogP contribution in [0.25, 0.3) is 11.4 Å². The molecule has 3 heterocycles. The van der Waals surface area contributed by atoms with Gasteiger partial charge in [-0.1, -0.05) is 6.07 Å². The van der Waals surface area contributed by atoms with Crippen LogP contribution in [0.15, 0.2) is 73.1 Å². The zero-order chi connectivity index (χ0) is 20.9. The van der Waals surface area contributed by atoms with Crippen molar-refractivity contribution in [3.05, 3.63) is 89.9 Å². The van der Waals surface area contributed by atoms with Crippen LogP contribution in [0.2, 0.25) is 0 Å². The summed E-state index contributed by atoms with van der Waals surface area (Å²) in [5.41, 5.74) is 4.85. The maximum atomic E-state index is 8.93. The second-order valence-corrected chi connectivity index (χ2v) is 6.75. The smallest absolute Gasteiger partial charge is 0.155 e. The molecule has 6 nitrogen and oxygen atoms in total. The summed E-state index contributed by atoms with van der Waals surface area (Å²) in [5, 5.41) is 12.1. The van der Waals surface area contributed by atoms with Crippen molar-refractivity contribution >= 4 is 11.5 Å². The average molecular weight is 393 g/mol. The molecule has 0 saturated carbocycles. The molecule has 1 aromatic carbocycles. The summed E-state index contributed by atoms with van der Waals surface area (Å²) in [5.74, 6) is 1.89. The highest BCUT2D eigenvalue weighted by Gasteiger charge is 2.13. The predicted octanol–water partition coefficient (Wildman–Crippen LogP) is 5.56. The minimum absolute atomic E-state index is 0.606. The lowest BCUT2D eigenvalue weighted by molar-refractivity contribution is 0.481. The van der Waals surface area contributed by atoms with E-state index in [0.717, 1.165) is 22.6 Å². The van der Waals surface area contributed by atoms with Crippen LogP contribution in [0.5, 0.6) is 11.5 Å². The van der Waals surface area contributed by atoms with Crippen LogP contribution in [0.4, 0.5) is 11.5 Å². The lowest BCUT2D eigenvalue weighted by Crippen LogP contribution is -1.98. The van der Waals surface area contributed by atoms with Gasteiger partial charge in [0.1, 0.15) is 17.3 Å². The summed E-state index contributed by atoms with van der Waals surface area (Å²) in [7, 11) is 0. The predicted molar refractivity (Wildman–Crippen MR) is 116 cm³/mol. The first-order valence-electron chi connectivity index (χ1n) is 9.43. The van der Waals surface area contributed by atoms with E-state index in [1.54, 1.807) is 30.6 Å². The van der Waals surface area contributed by atoms with Crippen LogP contribution >= 0.6 is 0 Å². The monoisotopic (exact) mass is 393 g/mol. The number of pyridine rings is 3. The highest BCUT2D eigenvalue weighted by molar-refractivity contribution is 5.65. The zero-order valence-electron chi connectivity index (χ0n) is 16.6. The third kappa shape index (κ3) is 4.26. The number of aryl methyl sites for hydroxylation is 2. The van der Waals surface area contributed by atoms with Gasteiger partial charge in [0.25, 0.3) is 0 Å². The first-order valence-corrected chi connectivity index (χ1v) is 9.43. The van der Waals surface area contributed by atoms with E-state index in [4.69, 9.17) is 15.0 Å². The maximum absolute atomic E-state index is 8.93. The largest absolute Gasteiger partial charge is 0.455 e. The molecule has 0 amide bonds. The van der Waals surface area contributed by atoms with Crippen molar-refractivity contribution in [3.63, 3.8) is 0 Å². The Bertz CT molecular complexity index is 1210. The van der Waals surface area contributed by atoms with Crippen LogP contribution in [-0.4, -0.2) is 15.0 Å². The normalized spacial score (nSPS) is 10.3. The molecule has 0 aliphatic carbocycles. The maximum Gasteiger partial charge on any atom is 0.155 e. The number of aromatic nitrogens is 3. The number of benzene rings is 1. The van der Waals surface area contributed by atoms with Gasteiger partial charge in [0.15, 0.2) is 5.75 Å². The van der Waals surface area contributed by atoms with Gasteiger partial charge in [0, 0.05) is 29.8 Å². The topological polar surface area (TPSA) is 83.7 Å². The molecular formula is C24H19N5O. The second-order valence-electron chi connectivity index (χ2n) is 6.75. The summed E-state index contributed by atoms with van der Waals surface area (Å²) in [6.07, 6.45) is 3.41. The van der Waals surface area contributed by atoms with Gasteiger partial charge >= 0.3 is 0 Å². The van der Waals surface area contributed by atoms with E-state index in [2.05, 4.69) is 21.4 Å². The number of hydrogen-bond acceptors (Lipinski definition) is 6. The third-order valence-corrected chi connectivity index (χ3v) is 4.58. The Labute approximate surface area is 174 Å². The molecule has 4 aromatic rings. The van der Waals surface area contributed by atoms with E-state index in [1.165, 1.54) is 0 Å². The number of nitrogens with one attached hydrogen (secondary N) is 1. The van der Waals surface area contributed by atoms with Crippen LogP contribution in [0.1, 0.15) is 16.8 Å². The van der Waals surface area contributed by atoms with Gasteiger partial charge in [-0.15, -0.1) is 0 Å². The first kappa shape index (κ1) is 19.1. The van der Waals surface area contributed by atoms with Gasteiger partial charge in [-0.05, 0) is 67.9 Å². The van der Waals surface area contributed by atoms with Crippen molar-refractivity contribution in [2.75, 3.05) is 5.32 Å². The Morgan fingerprint density at radius 2 is 1.77 bits per heavy atom. The molecule has 146 valence electrons. The van der Waals surface area contributed by atoms with Crippen LogP contribution < -0.4 is 10.1 Å². The van der Waals surface area contributed by atoms with Crippen molar-refractivity contribution in [1.82, 2.24) is 15.0 Å². The number of rotatable bonds is 5. The van der Waals surface area contributed by atoms with Gasteiger partial charge < -0.3 is 10.1 Å². The standard InChI is InChI=1S/C24H19N5O/c1-16-13-22(24(28-17(16)2)21-5-3-4-11-26-21)30-20-10-12-27-23(14-20)29-19-8-6-18(15-25)7-9-19/h3-14H,1-2H3,(H,27,29). The number of nitrogens with zero attached hydrogens (tertiary/aromatic N) is 4. The first-order chi connectivity index (χ1) is 14.6. The van der Waals surface area contributed by atoms with Crippen LogP contribution in [-0.2, 0) is 0 Å². The van der Waals surface area contributed by atoms with Gasteiger partial charge in [0.05, 0.1) is 17.3 Å². The third-order valence-electron chi connectivity index (χ3n) is 4.58. The number of ether oxygens (including phenoxy) is 1. The molecule has 30 heavy (non-hydrogen) atoms. The Hall–Kier alpha value is -4.24. The van der Waals surface area contributed by atoms with Crippen molar-refractivity contribution in [1.29, 1.82) is 5.26 Å². The highest BCUT2D eigenvalue weighted by Crippen LogP contribution is 2.33. The van der Waals surface area contributed by atoms with Gasteiger partial charge in [0.2, 0.25) is 0 Å². The summed E-state index contributed by atoms with van der Waals surface area (Å²) < 4.78 is 6.19. The SMILES string of the molecule is Cc1cc(Oc2ccnc(Nc3ccc(C#N)cc3)c2)c(-c2ccccn2)nc1C. The molecule has 0 unspecified atom stereocenters. The molecule has 0 bridgehead atoms. The summed E-state index contributed by atoms with van der Waals surface area (Å²) >= 11 is 0. The minimum atomic E-state index is 0.606. The quantitative estimate of drug-likeness (QED) is 0.478. The summed E-state index contributed by atoms with van der Waals surface area (Å²) in [4.78, 5) is 13.5. The number of hydrogen-bond donors (Lipinski definition) is 1. The van der Waals surface area contributed by atoms with Crippen LogP contribution in [0, 0.1) is 25.2 Å². The van der Waals surface area contributed by atoms with E-state index in [-0.39, 0.29) is 0 Å². The van der Waals surface area contributed by atoms with Crippen LogP contribution in [0.3, 0.4) is 0 Å². The average Bonchev–Trinajstić information content (AvgIpc) is 2.77. The Morgan fingerprint density at radius 3 is 2.50 bits per heavy atom. The lowest BCUT2D eigenvalue weighted by atomic mass is 10.1. The van der Waals surface area contributed by atoms with Crippen molar-refractivity contribution in [3.8, 4) is 29.0 Å². The molecule has 0 fully saturated rings. The van der Waals surface area contributed by atoms with E-state index >= 15 is 0 Å². The fraction of sp³-hybridized carbons (Fsp3) is 0.0833. The molecule has 0 aliphatic rings. The van der Waals surface area contributed by atoms with Crippen molar-refractivity contribution in [2.45, 2.75) is 13.8 Å². The molecule has 6 heteroatoms. The molecule has 3 aromatic heterocycles.